The molecule has 5 nitrogen and oxygen atoms in total. The lowest BCUT2D eigenvalue weighted by molar-refractivity contribution is -0.159. The number of hydrogen-bond acceptors (Lipinski definition) is 4. The monoisotopic (exact) mass is 242 g/mol. The number of carbonyl (C=O) groups excluding carboxylic acids is 1. The molecule has 1 aliphatic heterocycles. The predicted octanol–water partition coefficient (Wildman–Crippen LogP) is -0.308. The number of nitrogens with zero attached hydrogens (tertiary/aromatic N) is 2. The summed E-state index contributed by atoms with van der Waals surface area (Å²) in [5.41, 5.74) is -1.06. The van der Waals surface area contributed by atoms with E-state index in [1.54, 1.807) is 11.9 Å². The third kappa shape index (κ3) is 2.97. The van der Waals surface area contributed by atoms with Crippen molar-refractivity contribution < 1.29 is 14.6 Å². The summed E-state index contributed by atoms with van der Waals surface area (Å²) < 4.78 is 5.27. The maximum Gasteiger partial charge on any atom is 0.254 e. The van der Waals surface area contributed by atoms with E-state index in [1.807, 2.05) is 0 Å². The first-order valence-electron chi connectivity index (χ1n) is 6.40. The fourth-order valence-electron chi connectivity index (χ4n) is 2.30. The smallest absolute Gasteiger partial charge is 0.254 e. The van der Waals surface area contributed by atoms with Gasteiger partial charge in [0.15, 0.2) is 0 Å². The lowest BCUT2D eigenvalue weighted by atomic mass is 9.79. The van der Waals surface area contributed by atoms with Gasteiger partial charge < -0.3 is 14.7 Å². The highest BCUT2D eigenvalue weighted by Crippen LogP contribution is 2.32. The minimum Gasteiger partial charge on any atom is -0.380 e. The summed E-state index contributed by atoms with van der Waals surface area (Å²) in [5, 5.41) is 9.96. The third-order valence-electron chi connectivity index (χ3n) is 3.78. The highest BCUT2D eigenvalue weighted by Gasteiger charge is 2.43. The maximum absolute atomic E-state index is 12.0. The van der Waals surface area contributed by atoms with Crippen LogP contribution in [0.4, 0.5) is 0 Å². The summed E-state index contributed by atoms with van der Waals surface area (Å²) in [6, 6.07) is 0. The number of hydrogen-bond donors (Lipinski definition) is 1. The van der Waals surface area contributed by atoms with Crippen molar-refractivity contribution in [2.75, 3.05) is 46.4 Å². The number of carbonyl (C=O) groups is 1. The maximum atomic E-state index is 12.0. The van der Waals surface area contributed by atoms with Crippen LogP contribution in [0.2, 0.25) is 0 Å². The van der Waals surface area contributed by atoms with Crippen LogP contribution in [0.15, 0.2) is 0 Å². The first-order valence-corrected chi connectivity index (χ1v) is 6.40. The molecule has 1 amide bonds. The van der Waals surface area contributed by atoms with Gasteiger partial charge in [0.05, 0.1) is 13.2 Å². The number of morpholine rings is 1. The van der Waals surface area contributed by atoms with Crippen molar-refractivity contribution in [2.45, 2.75) is 24.9 Å². The molecule has 0 unspecified atom stereocenters. The lowest BCUT2D eigenvalue weighted by Crippen LogP contribution is -2.53. The van der Waals surface area contributed by atoms with E-state index in [1.165, 1.54) is 0 Å². The van der Waals surface area contributed by atoms with Crippen LogP contribution in [0.3, 0.4) is 0 Å². The third-order valence-corrected chi connectivity index (χ3v) is 3.78. The topological polar surface area (TPSA) is 53.0 Å². The van der Waals surface area contributed by atoms with Crippen LogP contribution in [0.5, 0.6) is 0 Å². The molecule has 1 heterocycles. The first-order chi connectivity index (χ1) is 8.12. The number of likely N-dealkylation sites (N-methyl/N-ethyl adjacent to an activating group) is 1. The average molecular weight is 242 g/mol. The molecule has 17 heavy (non-hydrogen) atoms. The molecule has 2 rings (SSSR count). The number of aliphatic hydroxyl groups is 1. The normalized spacial score (nSPS) is 24.1. The number of rotatable bonds is 4. The molecule has 98 valence electrons. The van der Waals surface area contributed by atoms with Gasteiger partial charge in [0, 0.05) is 33.2 Å². The zero-order valence-electron chi connectivity index (χ0n) is 10.5. The van der Waals surface area contributed by atoms with Gasteiger partial charge in [0.1, 0.15) is 5.60 Å². The predicted molar refractivity (Wildman–Crippen MR) is 63.7 cm³/mol. The van der Waals surface area contributed by atoms with Gasteiger partial charge in [-0.25, -0.2) is 0 Å². The van der Waals surface area contributed by atoms with Crippen LogP contribution >= 0.6 is 0 Å². The summed E-state index contributed by atoms with van der Waals surface area (Å²) in [7, 11) is 1.78. The Kier molecular flexibility index (Phi) is 4.01. The zero-order valence-corrected chi connectivity index (χ0v) is 10.5. The molecule has 0 bridgehead atoms. The van der Waals surface area contributed by atoms with E-state index >= 15 is 0 Å². The molecule has 1 N–H and O–H groups in total. The Balaban J connectivity index is 1.72. The summed E-state index contributed by atoms with van der Waals surface area (Å²) in [6.07, 6.45) is 2.20. The van der Waals surface area contributed by atoms with E-state index in [4.69, 9.17) is 4.74 Å². The van der Waals surface area contributed by atoms with Crippen molar-refractivity contribution in [1.82, 2.24) is 9.80 Å². The second kappa shape index (κ2) is 5.33. The molecular formula is C12H22N2O3. The molecule has 0 aromatic heterocycles. The van der Waals surface area contributed by atoms with Crippen molar-refractivity contribution in [3.05, 3.63) is 0 Å². The molecule has 1 aliphatic carbocycles. The zero-order chi connectivity index (χ0) is 12.3. The molecule has 1 saturated heterocycles. The molecule has 0 spiro atoms. The lowest BCUT2D eigenvalue weighted by Gasteiger charge is -2.38. The van der Waals surface area contributed by atoms with Crippen LogP contribution in [0.25, 0.3) is 0 Å². The van der Waals surface area contributed by atoms with Crippen LogP contribution in [0.1, 0.15) is 19.3 Å². The Morgan fingerprint density at radius 3 is 2.59 bits per heavy atom. The standard InChI is InChI=1S/C12H22N2O3/c1-13(11(15)12(16)3-2-4-12)5-6-14-7-9-17-10-8-14/h16H,2-10H2,1H3. The van der Waals surface area contributed by atoms with Crippen LogP contribution in [0, 0.1) is 0 Å². The Bertz CT molecular complexity index is 273. The SMILES string of the molecule is CN(CCN1CCOCC1)C(=O)C1(O)CCC1. The minimum atomic E-state index is -1.06. The van der Waals surface area contributed by atoms with Gasteiger partial charge in [0.2, 0.25) is 0 Å². The van der Waals surface area contributed by atoms with Crippen molar-refractivity contribution in [3.8, 4) is 0 Å². The second-order valence-corrected chi connectivity index (χ2v) is 5.07. The second-order valence-electron chi connectivity index (χ2n) is 5.07. The van der Waals surface area contributed by atoms with E-state index in [0.717, 1.165) is 39.3 Å². The average Bonchev–Trinajstić information content (AvgIpc) is 2.33. The highest BCUT2D eigenvalue weighted by atomic mass is 16.5. The molecule has 0 radical (unpaired) electrons. The van der Waals surface area contributed by atoms with E-state index < -0.39 is 5.60 Å². The molecule has 2 fully saturated rings. The summed E-state index contributed by atoms with van der Waals surface area (Å²) in [6.45, 7) is 4.98. The van der Waals surface area contributed by atoms with Crippen molar-refractivity contribution in [1.29, 1.82) is 0 Å². The van der Waals surface area contributed by atoms with Gasteiger partial charge in [-0.15, -0.1) is 0 Å². The fourth-order valence-corrected chi connectivity index (χ4v) is 2.30. The molecule has 0 aromatic rings. The molecule has 0 atom stereocenters. The highest BCUT2D eigenvalue weighted by molar-refractivity contribution is 5.85. The minimum absolute atomic E-state index is 0.114. The van der Waals surface area contributed by atoms with Gasteiger partial charge >= 0.3 is 0 Å². The van der Waals surface area contributed by atoms with Crippen LogP contribution in [-0.2, 0) is 9.53 Å². The van der Waals surface area contributed by atoms with E-state index in [0.29, 0.717) is 19.4 Å². The molecule has 5 heteroatoms. The van der Waals surface area contributed by atoms with E-state index in [-0.39, 0.29) is 5.91 Å². The largest absolute Gasteiger partial charge is 0.380 e. The number of amides is 1. The van der Waals surface area contributed by atoms with Gasteiger partial charge in [-0.05, 0) is 19.3 Å². The summed E-state index contributed by atoms with van der Waals surface area (Å²) in [4.78, 5) is 15.9. The van der Waals surface area contributed by atoms with Crippen LogP contribution < -0.4 is 0 Å². The van der Waals surface area contributed by atoms with Gasteiger partial charge in [-0.2, -0.15) is 0 Å². The van der Waals surface area contributed by atoms with E-state index in [2.05, 4.69) is 4.90 Å². The van der Waals surface area contributed by atoms with E-state index in [9.17, 15) is 9.90 Å². The van der Waals surface area contributed by atoms with Gasteiger partial charge in [-0.1, -0.05) is 0 Å². The Morgan fingerprint density at radius 2 is 2.06 bits per heavy atom. The van der Waals surface area contributed by atoms with Crippen molar-refractivity contribution in [2.24, 2.45) is 0 Å². The summed E-state index contributed by atoms with van der Waals surface area (Å²) in [5.74, 6) is -0.114. The number of ether oxygens (including phenoxy) is 1. The quantitative estimate of drug-likeness (QED) is 0.735. The molecule has 2 aliphatic rings. The fraction of sp³-hybridized carbons (Fsp3) is 0.917. The van der Waals surface area contributed by atoms with Crippen molar-refractivity contribution >= 4 is 5.91 Å². The van der Waals surface area contributed by atoms with Gasteiger partial charge in [-0.3, -0.25) is 9.69 Å². The van der Waals surface area contributed by atoms with Crippen LogP contribution in [-0.4, -0.2) is 72.9 Å². The Hall–Kier alpha value is -0.650. The Morgan fingerprint density at radius 1 is 1.41 bits per heavy atom. The van der Waals surface area contributed by atoms with Gasteiger partial charge in [0.25, 0.3) is 5.91 Å². The first kappa shape index (κ1) is 12.8. The molecule has 0 aromatic carbocycles. The summed E-state index contributed by atoms with van der Waals surface area (Å²) >= 11 is 0. The van der Waals surface area contributed by atoms with Crippen molar-refractivity contribution in [3.63, 3.8) is 0 Å². The Labute approximate surface area is 102 Å². The molecular weight excluding hydrogens is 220 g/mol. The molecule has 1 saturated carbocycles.